The summed E-state index contributed by atoms with van der Waals surface area (Å²) >= 11 is 6.24. The molecule has 1 aliphatic heterocycles. The number of fused-ring (bicyclic) bond motifs is 1. The standard InChI is InChI=1S/C24H27ClN4O2/c1-15(2)11-21(23-26-19-9-5-6-10-20(19)27-23)28-24(31)17-12-22(30)29(14-17)13-16-7-3-4-8-18(16)25/h3-10,15,17,21H,11-14H2,1-2H3,(H,26,27)(H,28,31)/t17-,21+/m0/s1. The van der Waals surface area contributed by atoms with Gasteiger partial charge in [-0.1, -0.05) is 55.8 Å². The summed E-state index contributed by atoms with van der Waals surface area (Å²) in [6.45, 7) is 5.05. The van der Waals surface area contributed by atoms with Crippen LogP contribution in [-0.2, 0) is 16.1 Å². The third-order valence-electron chi connectivity index (χ3n) is 5.67. The molecule has 31 heavy (non-hydrogen) atoms. The first-order chi connectivity index (χ1) is 14.9. The molecule has 2 N–H and O–H groups in total. The van der Waals surface area contributed by atoms with E-state index in [2.05, 4.69) is 29.1 Å². The van der Waals surface area contributed by atoms with Gasteiger partial charge in [-0.2, -0.15) is 0 Å². The normalized spacial score (nSPS) is 17.5. The zero-order valence-electron chi connectivity index (χ0n) is 17.8. The summed E-state index contributed by atoms with van der Waals surface area (Å²) in [5.41, 5.74) is 2.71. The second kappa shape index (κ2) is 9.10. The fourth-order valence-electron chi connectivity index (χ4n) is 4.07. The molecule has 0 unspecified atom stereocenters. The van der Waals surface area contributed by atoms with E-state index in [-0.39, 0.29) is 30.2 Å². The van der Waals surface area contributed by atoms with E-state index in [4.69, 9.17) is 11.6 Å². The van der Waals surface area contributed by atoms with Crippen molar-refractivity contribution in [3.05, 3.63) is 64.9 Å². The molecule has 2 atom stereocenters. The van der Waals surface area contributed by atoms with Crippen molar-refractivity contribution in [2.24, 2.45) is 11.8 Å². The van der Waals surface area contributed by atoms with Gasteiger partial charge in [-0.25, -0.2) is 4.98 Å². The molecule has 1 fully saturated rings. The largest absolute Gasteiger partial charge is 0.346 e. The molecule has 7 heteroatoms. The number of likely N-dealkylation sites (tertiary alicyclic amines) is 1. The van der Waals surface area contributed by atoms with Gasteiger partial charge in [0.25, 0.3) is 0 Å². The van der Waals surface area contributed by atoms with Crippen molar-refractivity contribution in [2.45, 2.75) is 39.3 Å². The number of carbonyl (C=O) groups is 2. The SMILES string of the molecule is CC(C)C[C@@H](NC(=O)[C@H]1CC(=O)N(Cc2ccccc2Cl)C1)c1nc2ccccc2[nH]1. The van der Waals surface area contributed by atoms with Crippen LogP contribution in [0.5, 0.6) is 0 Å². The number of aromatic nitrogens is 2. The number of H-pyrrole nitrogens is 1. The van der Waals surface area contributed by atoms with Gasteiger partial charge in [-0.3, -0.25) is 9.59 Å². The zero-order chi connectivity index (χ0) is 22.0. The number of hydrogen-bond acceptors (Lipinski definition) is 3. The minimum absolute atomic E-state index is 0.0239. The summed E-state index contributed by atoms with van der Waals surface area (Å²) in [4.78, 5) is 35.3. The maximum atomic E-state index is 13.1. The first-order valence-corrected chi connectivity index (χ1v) is 11.0. The van der Waals surface area contributed by atoms with Gasteiger partial charge in [0.2, 0.25) is 11.8 Å². The Hall–Kier alpha value is -2.86. The van der Waals surface area contributed by atoms with Crippen molar-refractivity contribution >= 4 is 34.4 Å². The monoisotopic (exact) mass is 438 g/mol. The van der Waals surface area contributed by atoms with Crippen LogP contribution in [0.4, 0.5) is 0 Å². The summed E-state index contributed by atoms with van der Waals surface area (Å²) in [5.74, 6) is 0.611. The number of carbonyl (C=O) groups excluding carboxylic acids is 2. The van der Waals surface area contributed by atoms with E-state index >= 15 is 0 Å². The molecule has 2 aromatic carbocycles. The van der Waals surface area contributed by atoms with Gasteiger partial charge in [-0.15, -0.1) is 0 Å². The minimum Gasteiger partial charge on any atom is -0.346 e. The first-order valence-electron chi connectivity index (χ1n) is 10.7. The Bertz CT molecular complexity index is 1060. The van der Waals surface area contributed by atoms with Crippen molar-refractivity contribution in [3.63, 3.8) is 0 Å². The van der Waals surface area contributed by atoms with Gasteiger partial charge in [0.15, 0.2) is 0 Å². The van der Waals surface area contributed by atoms with Gasteiger partial charge < -0.3 is 15.2 Å². The van der Waals surface area contributed by atoms with Crippen molar-refractivity contribution in [2.75, 3.05) is 6.54 Å². The van der Waals surface area contributed by atoms with E-state index in [1.54, 1.807) is 4.90 Å². The second-order valence-electron chi connectivity index (χ2n) is 8.60. The Balaban J connectivity index is 1.46. The molecule has 0 spiro atoms. The minimum atomic E-state index is -0.381. The number of hydrogen-bond donors (Lipinski definition) is 2. The van der Waals surface area contributed by atoms with Gasteiger partial charge in [0.05, 0.1) is 23.0 Å². The summed E-state index contributed by atoms with van der Waals surface area (Å²) in [6, 6.07) is 15.1. The number of halogens is 1. The molecule has 0 radical (unpaired) electrons. The highest BCUT2D eigenvalue weighted by Crippen LogP contribution is 2.26. The summed E-state index contributed by atoms with van der Waals surface area (Å²) in [6.07, 6.45) is 0.973. The molecule has 2 amide bonds. The highest BCUT2D eigenvalue weighted by Gasteiger charge is 2.35. The fourth-order valence-corrected chi connectivity index (χ4v) is 4.27. The number of aromatic amines is 1. The predicted molar refractivity (Wildman–Crippen MR) is 121 cm³/mol. The van der Waals surface area contributed by atoms with Crippen molar-refractivity contribution in [1.29, 1.82) is 0 Å². The molecular formula is C24H27ClN4O2. The highest BCUT2D eigenvalue weighted by atomic mass is 35.5. The topological polar surface area (TPSA) is 78.1 Å². The molecule has 2 heterocycles. The van der Waals surface area contributed by atoms with E-state index in [9.17, 15) is 9.59 Å². The Morgan fingerprint density at radius 1 is 1.23 bits per heavy atom. The summed E-state index contributed by atoms with van der Waals surface area (Å²) in [7, 11) is 0. The lowest BCUT2D eigenvalue weighted by Crippen LogP contribution is -2.36. The molecule has 0 bridgehead atoms. The maximum absolute atomic E-state index is 13.1. The number of nitrogens with one attached hydrogen (secondary N) is 2. The molecule has 6 nitrogen and oxygen atoms in total. The number of benzene rings is 2. The highest BCUT2D eigenvalue weighted by molar-refractivity contribution is 6.31. The van der Waals surface area contributed by atoms with Crippen LogP contribution >= 0.6 is 11.6 Å². The lowest BCUT2D eigenvalue weighted by molar-refractivity contribution is -0.129. The van der Waals surface area contributed by atoms with Crippen LogP contribution in [0, 0.1) is 11.8 Å². The molecule has 162 valence electrons. The lowest BCUT2D eigenvalue weighted by Gasteiger charge is -2.21. The van der Waals surface area contributed by atoms with E-state index < -0.39 is 0 Å². The molecule has 1 saturated heterocycles. The molecule has 4 rings (SSSR count). The summed E-state index contributed by atoms with van der Waals surface area (Å²) < 4.78 is 0. The summed E-state index contributed by atoms with van der Waals surface area (Å²) in [5, 5.41) is 3.78. The van der Waals surface area contributed by atoms with Gasteiger partial charge in [0.1, 0.15) is 5.82 Å². The average molecular weight is 439 g/mol. The first kappa shape index (κ1) is 21.4. The van der Waals surface area contributed by atoms with Crippen LogP contribution < -0.4 is 5.32 Å². The number of para-hydroxylation sites is 2. The molecule has 0 aliphatic carbocycles. The fraction of sp³-hybridized carbons (Fsp3) is 0.375. The molecule has 3 aromatic rings. The Morgan fingerprint density at radius 2 is 1.97 bits per heavy atom. The van der Waals surface area contributed by atoms with Gasteiger partial charge >= 0.3 is 0 Å². The molecule has 1 aromatic heterocycles. The van der Waals surface area contributed by atoms with Crippen LogP contribution in [0.15, 0.2) is 48.5 Å². The van der Waals surface area contributed by atoms with Gasteiger partial charge in [0, 0.05) is 24.5 Å². The third kappa shape index (κ3) is 4.90. The number of nitrogens with zero attached hydrogens (tertiary/aromatic N) is 2. The zero-order valence-corrected chi connectivity index (χ0v) is 18.5. The van der Waals surface area contributed by atoms with Crippen LogP contribution in [-0.4, -0.2) is 33.2 Å². The lowest BCUT2D eigenvalue weighted by atomic mass is 10.0. The quantitative estimate of drug-likeness (QED) is 0.571. The van der Waals surface area contributed by atoms with E-state index in [1.807, 2.05) is 48.5 Å². The van der Waals surface area contributed by atoms with E-state index in [0.717, 1.165) is 28.8 Å². The molecular weight excluding hydrogens is 412 g/mol. The Labute approximate surface area is 187 Å². The smallest absolute Gasteiger partial charge is 0.226 e. The van der Waals surface area contributed by atoms with E-state index in [1.165, 1.54) is 0 Å². The Morgan fingerprint density at radius 3 is 2.71 bits per heavy atom. The van der Waals surface area contributed by atoms with Crippen LogP contribution in [0.25, 0.3) is 11.0 Å². The van der Waals surface area contributed by atoms with Crippen LogP contribution in [0.1, 0.15) is 44.1 Å². The van der Waals surface area contributed by atoms with Crippen molar-refractivity contribution in [3.8, 4) is 0 Å². The second-order valence-corrected chi connectivity index (χ2v) is 9.00. The van der Waals surface area contributed by atoms with Crippen LogP contribution in [0.3, 0.4) is 0 Å². The van der Waals surface area contributed by atoms with E-state index in [0.29, 0.717) is 24.0 Å². The number of amides is 2. The predicted octanol–water partition coefficient (Wildman–Crippen LogP) is 4.47. The maximum Gasteiger partial charge on any atom is 0.226 e. The van der Waals surface area contributed by atoms with Crippen molar-refractivity contribution in [1.82, 2.24) is 20.2 Å². The van der Waals surface area contributed by atoms with Crippen molar-refractivity contribution < 1.29 is 9.59 Å². The van der Waals surface area contributed by atoms with Crippen LogP contribution in [0.2, 0.25) is 5.02 Å². The van der Waals surface area contributed by atoms with Gasteiger partial charge in [-0.05, 0) is 36.1 Å². The Kier molecular flexibility index (Phi) is 6.28. The molecule has 1 aliphatic rings. The average Bonchev–Trinajstić information content (AvgIpc) is 3.32. The number of imidazole rings is 1. The number of rotatable bonds is 7. The third-order valence-corrected chi connectivity index (χ3v) is 6.03. The molecule has 0 saturated carbocycles.